The minimum atomic E-state index is -0.463. The van der Waals surface area contributed by atoms with E-state index in [-0.39, 0.29) is 11.6 Å². The van der Waals surface area contributed by atoms with Crippen LogP contribution in [0.25, 0.3) is 6.08 Å². The van der Waals surface area contributed by atoms with E-state index in [1.54, 1.807) is 30.0 Å². The number of anilines is 1. The molecule has 0 bridgehead atoms. The first-order valence-corrected chi connectivity index (χ1v) is 8.04. The maximum atomic E-state index is 12.0. The Morgan fingerprint density at radius 3 is 2.78 bits per heavy atom. The highest BCUT2D eigenvalue weighted by molar-refractivity contribution is 7.99. The SMILES string of the molecule is CCSc1ccccc1NC(=O)/C=C/c1cccc([N+](=O)[O-])c1. The minimum absolute atomic E-state index is 0.00255. The van der Waals surface area contributed by atoms with E-state index in [1.165, 1.54) is 18.2 Å². The Morgan fingerprint density at radius 1 is 1.26 bits per heavy atom. The summed E-state index contributed by atoms with van der Waals surface area (Å²) < 4.78 is 0. The van der Waals surface area contributed by atoms with Gasteiger partial charge in [-0.25, -0.2) is 0 Å². The van der Waals surface area contributed by atoms with Crippen molar-refractivity contribution in [1.82, 2.24) is 0 Å². The number of carbonyl (C=O) groups excluding carboxylic acids is 1. The molecule has 0 saturated heterocycles. The van der Waals surface area contributed by atoms with Crippen molar-refractivity contribution in [2.45, 2.75) is 11.8 Å². The number of hydrogen-bond acceptors (Lipinski definition) is 4. The van der Waals surface area contributed by atoms with E-state index >= 15 is 0 Å². The Kier molecular flexibility index (Phi) is 5.94. The third-order valence-corrected chi connectivity index (χ3v) is 3.91. The van der Waals surface area contributed by atoms with Crippen molar-refractivity contribution < 1.29 is 9.72 Å². The van der Waals surface area contributed by atoms with Crippen LogP contribution in [0, 0.1) is 10.1 Å². The van der Waals surface area contributed by atoms with Crippen LogP contribution in [0.1, 0.15) is 12.5 Å². The molecule has 0 atom stereocenters. The smallest absolute Gasteiger partial charge is 0.270 e. The third-order valence-electron chi connectivity index (χ3n) is 2.95. The largest absolute Gasteiger partial charge is 0.321 e. The number of nitro benzene ring substituents is 1. The number of nitro groups is 1. The van der Waals surface area contributed by atoms with Gasteiger partial charge in [0, 0.05) is 23.1 Å². The molecule has 23 heavy (non-hydrogen) atoms. The molecule has 0 spiro atoms. The fourth-order valence-corrected chi connectivity index (χ4v) is 2.70. The third kappa shape index (κ3) is 4.96. The van der Waals surface area contributed by atoms with Crippen LogP contribution in [-0.2, 0) is 4.79 Å². The molecule has 2 aromatic carbocycles. The van der Waals surface area contributed by atoms with Crippen LogP contribution < -0.4 is 5.32 Å². The standard InChI is InChI=1S/C17H16N2O3S/c1-2-23-16-9-4-3-8-15(16)18-17(20)11-10-13-6-5-7-14(12-13)19(21)22/h3-12H,2H2,1H3,(H,18,20)/b11-10+. The normalized spacial score (nSPS) is 10.7. The maximum Gasteiger partial charge on any atom is 0.270 e. The van der Waals surface area contributed by atoms with E-state index in [0.717, 1.165) is 16.3 Å². The number of amides is 1. The van der Waals surface area contributed by atoms with Crippen molar-refractivity contribution >= 4 is 35.1 Å². The highest BCUT2D eigenvalue weighted by atomic mass is 32.2. The van der Waals surface area contributed by atoms with Gasteiger partial charge in [0.15, 0.2) is 0 Å². The van der Waals surface area contributed by atoms with Gasteiger partial charge in [-0.15, -0.1) is 11.8 Å². The van der Waals surface area contributed by atoms with E-state index in [0.29, 0.717) is 5.56 Å². The fourth-order valence-electron chi connectivity index (χ4n) is 1.94. The summed E-state index contributed by atoms with van der Waals surface area (Å²) in [5.74, 6) is 0.636. The van der Waals surface area contributed by atoms with Gasteiger partial charge < -0.3 is 5.32 Å². The van der Waals surface area contributed by atoms with Crippen molar-refractivity contribution in [1.29, 1.82) is 0 Å². The van der Waals surface area contributed by atoms with Crippen molar-refractivity contribution in [2.24, 2.45) is 0 Å². The van der Waals surface area contributed by atoms with Crippen LogP contribution in [0.3, 0.4) is 0 Å². The van der Waals surface area contributed by atoms with Gasteiger partial charge in [0.1, 0.15) is 0 Å². The second kappa shape index (κ2) is 8.14. The summed E-state index contributed by atoms with van der Waals surface area (Å²) in [6.07, 6.45) is 2.92. The first-order valence-electron chi connectivity index (χ1n) is 7.05. The number of nitrogens with one attached hydrogen (secondary N) is 1. The van der Waals surface area contributed by atoms with Crippen LogP contribution in [0.15, 0.2) is 59.5 Å². The predicted molar refractivity (Wildman–Crippen MR) is 93.6 cm³/mol. The van der Waals surface area contributed by atoms with Crippen molar-refractivity contribution in [3.05, 3.63) is 70.3 Å². The van der Waals surface area contributed by atoms with Gasteiger partial charge in [-0.1, -0.05) is 31.2 Å². The number of rotatable bonds is 6. The van der Waals surface area contributed by atoms with Crippen LogP contribution in [0.5, 0.6) is 0 Å². The Labute approximate surface area is 138 Å². The predicted octanol–water partition coefficient (Wildman–Crippen LogP) is 4.36. The highest BCUT2D eigenvalue weighted by Crippen LogP contribution is 2.26. The summed E-state index contributed by atoms with van der Waals surface area (Å²) in [7, 11) is 0. The fraction of sp³-hybridized carbons (Fsp3) is 0.118. The molecule has 0 heterocycles. The summed E-state index contributed by atoms with van der Waals surface area (Å²) in [5.41, 5.74) is 1.36. The molecule has 0 aliphatic carbocycles. The number of carbonyl (C=O) groups is 1. The zero-order valence-electron chi connectivity index (χ0n) is 12.6. The second-order valence-electron chi connectivity index (χ2n) is 4.60. The molecule has 0 unspecified atom stereocenters. The first-order chi connectivity index (χ1) is 11.1. The number of para-hydroxylation sites is 1. The number of non-ortho nitro benzene ring substituents is 1. The quantitative estimate of drug-likeness (QED) is 0.370. The van der Waals surface area contributed by atoms with E-state index in [1.807, 2.05) is 31.2 Å². The van der Waals surface area contributed by atoms with Gasteiger partial charge in [-0.3, -0.25) is 14.9 Å². The van der Waals surface area contributed by atoms with Gasteiger partial charge in [-0.2, -0.15) is 0 Å². The minimum Gasteiger partial charge on any atom is -0.321 e. The summed E-state index contributed by atoms with van der Waals surface area (Å²) >= 11 is 1.65. The average molecular weight is 328 g/mol. The van der Waals surface area contributed by atoms with Gasteiger partial charge in [0.05, 0.1) is 10.6 Å². The molecule has 118 valence electrons. The van der Waals surface area contributed by atoms with E-state index in [9.17, 15) is 14.9 Å². The number of nitrogens with zero attached hydrogens (tertiary/aromatic N) is 1. The highest BCUT2D eigenvalue weighted by Gasteiger charge is 2.06. The lowest BCUT2D eigenvalue weighted by atomic mass is 10.2. The van der Waals surface area contributed by atoms with Crippen LogP contribution >= 0.6 is 11.8 Å². The Morgan fingerprint density at radius 2 is 2.04 bits per heavy atom. The Bertz CT molecular complexity index is 744. The lowest BCUT2D eigenvalue weighted by Gasteiger charge is -2.08. The summed E-state index contributed by atoms with van der Waals surface area (Å²) in [5, 5.41) is 13.6. The van der Waals surface area contributed by atoms with Crippen molar-refractivity contribution in [3.63, 3.8) is 0 Å². The van der Waals surface area contributed by atoms with Crippen molar-refractivity contribution in [3.8, 4) is 0 Å². The zero-order valence-corrected chi connectivity index (χ0v) is 13.4. The topological polar surface area (TPSA) is 72.2 Å². The molecule has 2 rings (SSSR count). The number of hydrogen-bond donors (Lipinski definition) is 1. The monoisotopic (exact) mass is 328 g/mol. The second-order valence-corrected chi connectivity index (χ2v) is 5.91. The van der Waals surface area contributed by atoms with Gasteiger partial charge in [-0.05, 0) is 29.5 Å². The molecule has 2 aromatic rings. The summed E-state index contributed by atoms with van der Waals surface area (Å²) in [6.45, 7) is 2.05. The molecule has 5 nitrogen and oxygen atoms in total. The maximum absolute atomic E-state index is 12.0. The molecule has 1 amide bonds. The first kappa shape index (κ1) is 16.8. The van der Waals surface area contributed by atoms with Gasteiger partial charge in [0.2, 0.25) is 5.91 Å². The molecule has 0 saturated carbocycles. The van der Waals surface area contributed by atoms with E-state index < -0.39 is 4.92 Å². The molecule has 0 aromatic heterocycles. The van der Waals surface area contributed by atoms with E-state index in [4.69, 9.17) is 0 Å². The molecule has 0 radical (unpaired) electrons. The Balaban J connectivity index is 2.08. The van der Waals surface area contributed by atoms with E-state index in [2.05, 4.69) is 5.32 Å². The lowest BCUT2D eigenvalue weighted by molar-refractivity contribution is -0.384. The summed E-state index contributed by atoms with van der Waals surface area (Å²) in [4.78, 5) is 23.3. The molecule has 6 heteroatoms. The molecular weight excluding hydrogens is 312 g/mol. The van der Waals surface area contributed by atoms with Gasteiger partial charge in [0.25, 0.3) is 5.69 Å². The molecule has 0 fully saturated rings. The van der Waals surface area contributed by atoms with Crippen LogP contribution in [0.4, 0.5) is 11.4 Å². The van der Waals surface area contributed by atoms with Crippen LogP contribution in [0.2, 0.25) is 0 Å². The molecule has 0 aliphatic heterocycles. The lowest BCUT2D eigenvalue weighted by Crippen LogP contribution is -2.08. The summed E-state index contributed by atoms with van der Waals surface area (Å²) in [6, 6.07) is 13.7. The van der Waals surface area contributed by atoms with Gasteiger partial charge >= 0.3 is 0 Å². The van der Waals surface area contributed by atoms with Crippen LogP contribution in [-0.4, -0.2) is 16.6 Å². The average Bonchev–Trinajstić information content (AvgIpc) is 2.55. The Hall–Kier alpha value is -2.60. The molecule has 1 N–H and O–H groups in total. The number of benzene rings is 2. The van der Waals surface area contributed by atoms with Crippen molar-refractivity contribution in [2.75, 3.05) is 11.1 Å². The molecular formula is C17H16N2O3S. The zero-order chi connectivity index (χ0) is 16.7. The number of thioether (sulfide) groups is 1. The molecule has 0 aliphatic rings.